The molecule has 1 saturated heterocycles. The number of nitrogens with one attached hydrogen (secondary N) is 1. The van der Waals surface area contributed by atoms with E-state index in [1.165, 1.54) is 31.4 Å². The Labute approximate surface area is 134 Å². The molecular formula is C18H29N3O. The molecule has 0 aromatic heterocycles. The van der Waals surface area contributed by atoms with Gasteiger partial charge < -0.3 is 11.1 Å². The number of nitrogens with two attached hydrogens (primary N) is 1. The third-order valence-electron chi connectivity index (χ3n) is 4.48. The lowest BCUT2D eigenvalue weighted by atomic mass is 10.0. The number of carbonyl (C=O) groups excluding carboxylic acids is 1. The van der Waals surface area contributed by atoms with Gasteiger partial charge in [0, 0.05) is 18.3 Å². The molecule has 122 valence electrons. The first kappa shape index (κ1) is 17.0. The number of anilines is 1. The predicted octanol–water partition coefficient (Wildman–Crippen LogP) is 3.13. The Kier molecular flexibility index (Phi) is 6.40. The monoisotopic (exact) mass is 303 g/mol. The van der Waals surface area contributed by atoms with Crippen molar-refractivity contribution in [3.8, 4) is 0 Å². The SMILES string of the molecule is CCCC(N)C(=O)Nc1ccc(CN2CCCCC2C)cc1. The van der Waals surface area contributed by atoms with Crippen LogP contribution in [0.2, 0.25) is 0 Å². The highest BCUT2D eigenvalue weighted by Crippen LogP contribution is 2.20. The lowest BCUT2D eigenvalue weighted by Crippen LogP contribution is -2.36. The quantitative estimate of drug-likeness (QED) is 0.849. The number of amides is 1. The van der Waals surface area contributed by atoms with E-state index in [9.17, 15) is 4.79 Å². The summed E-state index contributed by atoms with van der Waals surface area (Å²) in [5, 5.41) is 2.89. The zero-order valence-electron chi connectivity index (χ0n) is 13.8. The number of carbonyl (C=O) groups is 1. The average Bonchev–Trinajstić information content (AvgIpc) is 2.51. The first-order valence-electron chi connectivity index (χ1n) is 8.49. The average molecular weight is 303 g/mol. The molecule has 1 aromatic rings. The molecule has 3 N–H and O–H groups in total. The van der Waals surface area contributed by atoms with Crippen molar-refractivity contribution < 1.29 is 4.79 Å². The van der Waals surface area contributed by atoms with Crippen LogP contribution in [-0.2, 0) is 11.3 Å². The largest absolute Gasteiger partial charge is 0.325 e. The van der Waals surface area contributed by atoms with Gasteiger partial charge in [-0.15, -0.1) is 0 Å². The third kappa shape index (κ3) is 4.82. The highest BCUT2D eigenvalue weighted by Gasteiger charge is 2.18. The predicted molar refractivity (Wildman–Crippen MR) is 91.7 cm³/mol. The Bertz CT molecular complexity index is 472. The number of rotatable bonds is 6. The highest BCUT2D eigenvalue weighted by molar-refractivity contribution is 5.94. The molecule has 1 aliphatic rings. The van der Waals surface area contributed by atoms with Crippen LogP contribution in [0.1, 0.15) is 51.5 Å². The van der Waals surface area contributed by atoms with Gasteiger partial charge in [-0.05, 0) is 50.4 Å². The van der Waals surface area contributed by atoms with Gasteiger partial charge in [0.15, 0.2) is 0 Å². The van der Waals surface area contributed by atoms with E-state index in [2.05, 4.69) is 29.3 Å². The number of nitrogens with zero attached hydrogens (tertiary/aromatic N) is 1. The molecular weight excluding hydrogens is 274 g/mol. The maximum absolute atomic E-state index is 11.9. The summed E-state index contributed by atoms with van der Waals surface area (Å²) in [5.74, 6) is -0.0979. The Morgan fingerprint density at radius 3 is 2.73 bits per heavy atom. The Morgan fingerprint density at radius 2 is 2.09 bits per heavy atom. The Morgan fingerprint density at radius 1 is 1.36 bits per heavy atom. The second-order valence-corrected chi connectivity index (χ2v) is 6.40. The topological polar surface area (TPSA) is 58.4 Å². The van der Waals surface area contributed by atoms with Gasteiger partial charge in [0.1, 0.15) is 0 Å². The van der Waals surface area contributed by atoms with Gasteiger partial charge in [0.25, 0.3) is 0 Å². The fourth-order valence-electron chi connectivity index (χ4n) is 3.00. The number of hydrogen-bond acceptors (Lipinski definition) is 3. The van der Waals surface area contributed by atoms with Crippen molar-refractivity contribution in [1.82, 2.24) is 4.90 Å². The molecule has 0 saturated carbocycles. The summed E-state index contributed by atoms with van der Waals surface area (Å²) >= 11 is 0. The second kappa shape index (κ2) is 8.30. The van der Waals surface area contributed by atoms with Crippen molar-refractivity contribution in [2.24, 2.45) is 5.73 Å². The van der Waals surface area contributed by atoms with E-state index in [0.29, 0.717) is 6.04 Å². The molecule has 0 radical (unpaired) electrons. The molecule has 1 amide bonds. The minimum absolute atomic E-state index is 0.0979. The van der Waals surface area contributed by atoms with Crippen LogP contribution in [0.4, 0.5) is 5.69 Å². The fourth-order valence-corrected chi connectivity index (χ4v) is 3.00. The Hall–Kier alpha value is -1.39. The molecule has 0 spiro atoms. The van der Waals surface area contributed by atoms with E-state index >= 15 is 0 Å². The number of piperidine rings is 1. The first-order valence-corrected chi connectivity index (χ1v) is 8.49. The smallest absolute Gasteiger partial charge is 0.241 e. The molecule has 0 bridgehead atoms. The van der Waals surface area contributed by atoms with E-state index in [-0.39, 0.29) is 5.91 Å². The van der Waals surface area contributed by atoms with Crippen LogP contribution in [0.3, 0.4) is 0 Å². The Balaban J connectivity index is 1.88. The molecule has 1 aromatic carbocycles. The van der Waals surface area contributed by atoms with Crippen LogP contribution < -0.4 is 11.1 Å². The minimum Gasteiger partial charge on any atom is -0.325 e. The van der Waals surface area contributed by atoms with Gasteiger partial charge in [-0.25, -0.2) is 0 Å². The van der Waals surface area contributed by atoms with Gasteiger partial charge in [-0.2, -0.15) is 0 Å². The van der Waals surface area contributed by atoms with Crippen LogP contribution in [-0.4, -0.2) is 29.4 Å². The maximum Gasteiger partial charge on any atom is 0.241 e. The summed E-state index contributed by atoms with van der Waals surface area (Å²) < 4.78 is 0. The van der Waals surface area contributed by atoms with Gasteiger partial charge >= 0.3 is 0 Å². The van der Waals surface area contributed by atoms with Crippen molar-refractivity contribution in [3.05, 3.63) is 29.8 Å². The van der Waals surface area contributed by atoms with Gasteiger partial charge in [-0.3, -0.25) is 9.69 Å². The molecule has 0 aliphatic carbocycles. The number of hydrogen-bond donors (Lipinski definition) is 2. The maximum atomic E-state index is 11.9. The normalized spacial score (nSPS) is 20.6. The summed E-state index contributed by atoms with van der Waals surface area (Å²) in [7, 11) is 0. The van der Waals surface area contributed by atoms with Crippen LogP contribution in [0, 0.1) is 0 Å². The molecule has 4 nitrogen and oxygen atoms in total. The standard InChI is InChI=1S/C18H29N3O/c1-3-6-17(19)18(22)20-16-10-8-15(9-11-16)13-21-12-5-4-7-14(21)2/h8-11,14,17H,3-7,12-13,19H2,1-2H3,(H,20,22). The van der Waals surface area contributed by atoms with E-state index in [4.69, 9.17) is 5.73 Å². The van der Waals surface area contributed by atoms with Gasteiger partial charge in [0.2, 0.25) is 5.91 Å². The van der Waals surface area contributed by atoms with Gasteiger partial charge in [-0.1, -0.05) is 31.9 Å². The molecule has 2 rings (SSSR count). The molecule has 2 atom stereocenters. The summed E-state index contributed by atoms with van der Waals surface area (Å²) in [6.07, 6.45) is 5.58. The summed E-state index contributed by atoms with van der Waals surface area (Å²) in [6.45, 7) is 6.52. The molecule has 2 unspecified atom stereocenters. The van der Waals surface area contributed by atoms with Crippen LogP contribution in [0.25, 0.3) is 0 Å². The zero-order chi connectivity index (χ0) is 15.9. The lowest BCUT2D eigenvalue weighted by Gasteiger charge is -2.33. The first-order chi connectivity index (χ1) is 10.6. The lowest BCUT2D eigenvalue weighted by molar-refractivity contribution is -0.117. The summed E-state index contributed by atoms with van der Waals surface area (Å²) in [4.78, 5) is 14.4. The minimum atomic E-state index is -0.418. The summed E-state index contributed by atoms with van der Waals surface area (Å²) in [6, 6.07) is 8.39. The molecule has 1 fully saturated rings. The molecule has 22 heavy (non-hydrogen) atoms. The van der Waals surface area contributed by atoms with Crippen molar-refractivity contribution in [2.75, 3.05) is 11.9 Å². The highest BCUT2D eigenvalue weighted by atomic mass is 16.2. The zero-order valence-corrected chi connectivity index (χ0v) is 13.8. The van der Waals surface area contributed by atoms with E-state index in [1.54, 1.807) is 0 Å². The molecule has 1 aliphatic heterocycles. The number of benzene rings is 1. The molecule has 1 heterocycles. The fraction of sp³-hybridized carbons (Fsp3) is 0.611. The van der Waals surface area contributed by atoms with Gasteiger partial charge in [0.05, 0.1) is 6.04 Å². The van der Waals surface area contributed by atoms with Crippen molar-refractivity contribution in [2.45, 2.75) is 64.6 Å². The molecule has 4 heteroatoms. The third-order valence-corrected chi connectivity index (χ3v) is 4.48. The van der Waals surface area contributed by atoms with Crippen LogP contribution in [0.5, 0.6) is 0 Å². The van der Waals surface area contributed by atoms with E-state index < -0.39 is 6.04 Å². The van der Waals surface area contributed by atoms with Crippen LogP contribution in [0.15, 0.2) is 24.3 Å². The van der Waals surface area contributed by atoms with Crippen LogP contribution >= 0.6 is 0 Å². The number of likely N-dealkylation sites (tertiary alicyclic amines) is 1. The summed E-state index contributed by atoms with van der Waals surface area (Å²) in [5.41, 5.74) is 7.95. The van der Waals surface area contributed by atoms with Crippen molar-refractivity contribution >= 4 is 11.6 Å². The van der Waals surface area contributed by atoms with E-state index in [0.717, 1.165) is 25.1 Å². The van der Waals surface area contributed by atoms with Crippen molar-refractivity contribution in [3.63, 3.8) is 0 Å². The van der Waals surface area contributed by atoms with Crippen molar-refractivity contribution in [1.29, 1.82) is 0 Å². The second-order valence-electron chi connectivity index (χ2n) is 6.40. The van der Waals surface area contributed by atoms with E-state index in [1.807, 2.05) is 19.1 Å².